The van der Waals surface area contributed by atoms with Crippen molar-refractivity contribution in [2.24, 2.45) is 0 Å². The first-order valence-electron chi connectivity index (χ1n) is 8.31. The monoisotopic (exact) mass is 357 g/mol. The van der Waals surface area contributed by atoms with Crippen LogP contribution in [0.1, 0.15) is 5.76 Å². The van der Waals surface area contributed by atoms with Crippen LogP contribution in [0, 0.1) is 0 Å². The molecule has 0 fully saturated rings. The van der Waals surface area contributed by atoms with Crippen molar-refractivity contribution in [2.45, 2.75) is 0 Å². The molecule has 2 aromatic carbocycles. The Labute approximate surface area is 155 Å². The van der Waals surface area contributed by atoms with E-state index in [9.17, 15) is 4.79 Å². The van der Waals surface area contributed by atoms with Crippen LogP contribution in [-0.4, -0.2) is 16.0 Å². The van der Waals surface area contributed by atoms with E-state index in [0.29, 0.717) is 28.7 Å². The predicted octanol–water partition coefficient (Wildman–Crippen LogP) is 4.65. The zero-order valence-corrected chi connectivity index (χ0v) is 14.2. The Morgan fingerprint density at radius 3 is 2.59 bits per heavy atom. The van der Waals surface area contributed by atoms with Crippen LogP contribution in [0.15, 0.2) is 88.0 Å². The lowest BCUT2D eigenvalue weighted by molar-refractivity contribution is -0.111. The van der Waals surface area contributed by atoms with Crippen molar-refractivity contribution >= 4 is 17.7 Å². The second kappa shape index (κ2) is 7.53. The highest BCUT2D eigenvalue weighted by Crippen LogP contribution is 2.28. The van der Waals surface area contributed by atoms with Crippen LogP contribution < -0.4 is 5.32 Å². The van der Waals surface area contributed by atoms with Gasteiger partial charge in [0.15, 0.2) is 0 Å². The Hall–Kier alpha value is -3.93. The molecule has 2 aromatic heterocycles. The van der Waals surface area contributed by atoms with Crippen LogP contribution in [0.5, 0.6) is 0 Å². The van der Waals surface area contributed by atoms with E-state index in [-0.39, 0.29) is 5.91 Å². The molecular formula is C21H15N3O3. The van der Waals surface area contributed by atoms with Crippen molar-refractivity contribution in [2.75, 3.05) is 5.32 Å². The molecule has 27 heavy (non-hydrogen) atoms. The molecule has 0 saturated heterocycles. The fraction of sp³-hybridized carbons (Fsp3) is 0. The molecule has 6 heteroatoms. The van der Waals surface area contributed by atoms with Gasteiger partial charge in [0.05, 0.1) is 17.5 Å². The van der Waals surface area contributed by atoms with E-state index in [0.717, 1.165) is 5.56 Å². The number of nitrogens with one attached hydrogen (secondary N) is 1. The summed E-state index contributed by atoms with van der Waals surface area (Å²) in [7, 11) is 0. The van der Waals surface area contributed by atoms with Gasteiger partial charge in [0, 0.05) is 11.6 Å². The summed E-state index contributed by atoms with van der Waals surface area (Å²) in [5.41, 5.74) is 2.08. The minimum absolute atomic E-state index is 0.290. The van der Waals surface area contributed by atoms with Crippen LogP contribution in [0.4, 0.5) is 5.69 Å². The second-order valence-corrected chi connectivity index (χ2v) is 5.67. The predicted molar refractivity (Wildman–Crippen MR) is 102 cm³/mol. The Kier molecular flexibility index (Phi) is 4.61. The minimum Gasteiger partial charge on any atom is -0.465 e. The second-order valence-electron chi connectivity index (χ2n) is 5.67. The number of carbonyl (C=O) groups excluding carboxylic acids is 1. The van der Waals surface area contributed by atoms with Crippen molar-refractivity contribution in [3.63, 3.8) is 0 Å². The number of nitrogens with zero attached hydrogens (tertiary/aromatic N) is 2. The molecule has 0 unspecified atom stereocenters. The van der Waals surface area contributed by atoms with Crippen molar-refractivity contribution in [3.8, 4) is 22.8 Å². The van der Waals surface area contributed by atoms with Gasteiger partial charge in [-0.1, -0.05) is 47.6 Å². The third-order valence-corrected chi connectivity index (χ3v) is 3.82. The smallest absolute Gasteiger partial charge is 0.260 e. The molecule has 4 aromatic rings. The fourth-order valence-electron chi connectivity index (χ4n) is 2.53. The molecule has 0 aliphatic carbocycles. The third-order valence-electron chi connectivity index (χ3n) is 3.82. The van der Waals surface area contributed by atoms with Crippen molar-refractivity contribution in [1.29, 1.82) is 0 Å². The standard InChI is InChI=1S/C21H15N3O3/c25-19(13-12-16-9-6-14-26-16)22-18-11-5-4-10-17(18)21-23-20(24-27-21)15-7-2-1-3-8-15/h1-14H,(H,22,25). The summed E-state index contributed by atoms with van der Waals surface area (Å²) in [6, 6.07) is 20.3. The summed E-state index contributed by atoms with van der Waals surface area (Å²) in [6.07, 6.45) is 4.55. The van der Waals surface area contributed by atoms with E-state index in [1.807, 2.05) is 48.5 Å². The van der Waals surface area contributed by atoms with Gasteiger partial charge in [-0.15, -0.1) is 0 Å². The zero-order valence-electron chi connectivity index (χ0n) is 14.2. The number of benzene rings is 2. The average Bonchev–Trinajstić information content (AvgIpc) is 3.40. The topological polar surface area (TPSA) is 81.2 Å². The summed E-state index contributed by atoms with van der Waals surface area (Å²) >= 11 is 0. The lowest BCUT2D eigenvalue weighted by atomic mass is 10.1. The van der Waals surface area contributed by atoms with E-state index in [1.54, 1.807) is 30.5 Å². The number of para-hydroxylation sites is 1. The van der Waals surface area contributed by atoms with Crippen LogP contribution in [-0.2, 0) is 4.79 Å². The first-order valence-corrected chi connectivity index (χ1v) is 8.31. The maximum absolute atomic E-state index is 12.2. The van der Waals surface area contributed by atoms with Gasteiger partial charge in [-0.2, -0.15) is 4.98 Å². The molecule has 0 aliphatic heterocycles. The fourth-order valence-corrected chi connectivity index (χ4v) is 2.53. The van der Waals surface area contributed by atoms with Crippen LogP contribution >= 0.6 is 0 Å². The van der Waals surface area contributed by atoms with Crippen molar-refractivity contribution in [3.05, 3.63) is 84.8 Å². The summed E-state index contributed by atoms with van der Waals surface area (Å²) in [5.74, 6) is 1.13. The molecule has 0 atom stereocenters. The molecule has 1 amide bonds. The largest absolute Gasteiger partial charge is 0.465 e. The highest BCUT2D eigenvalue weighted by Gasteiger charge is 2.14. The Bertz CT molecular complexity index is 1070. The van der Waals surface area contributed by atoms with Crippen LogP contribution in [0.2, 0.25) is 0 Å². The quantitative estimate of drug-likeness (QED) is 0.526. The molecule has 0 radical (unpaired) electrons. The number of hydrogen-bond donors (Lipinski definition) is 1. The van der Waals surface area contributed by atoms with Gasteiger partial charge in [-0.05, 0) is 30.3 Å². The zero-order chi connectivity index (χ0) is 18.5. The lowest BCUT2D eigenvalue weighted by Gasteiger charge is -2.06. The van der Waals surface area contributed by atoms with Gasteiger partial charge in [0.2, 0.25) is 11.7 Å². The van der Waals surface area contributed by atoms with E-state index in [2.05, 4.69) is 15.5 Å². The molecule has 0 aliphatic rings. The van der Waals surface area contributed by atoms with Gasteiger partial charge >= 0.3 is 0 Å². The molecule has 1 N–H and O–H groups in total. The van der Waals surface area contributed by atoms with Crippen LogP contribution in [0.25, 0.3) is 28.9 Å². The first-order chi connectivity index (χ1) is 13.3. The summed E-state index contributed by atoms with van der Waals surface area (Å²) in [4.78, 5) is 16.7. The Morgan fingerprint density at radius 1 is 0.963 bits per heavy atom. The molecule has 0 saturated carbocycles. The number of aromatic nitrogens is 2. The number of hydrogen-bond acceptors (Lipinski definition) is 5. The van der Waals surface area contributed by atoms with Gasteiger partial charge in [0.25, 0.3) is 5.89 Å². The molecule has 2 heterocycles. The minimum atomic E-state index is -0.290. The SMILES string of the molecule is O=C(C=Cc1ccco1)Nc1ccccc1-c1nc(-c2ccccc2)no1. The first kappa shape index (κ1) is 16.5. The number of amides is 1. The molecule has 4 rings (SSSR count). The molecule has 6 nitrogen and oxygen atoms in total. The summed E-state index contributed by atoms with van der Waals surface area (Å²) in [6.45, 7) is 0. The van der Waals surface area contributed by atoms with Gasteiger partial charge in [-0.3, -0.25) is 4.79 Å². The van der Waals surface area contributed by atoms with E-state index < -0.39 is 0 Å². The molecule has 0 bridgehead atoms. The highest BCUT2D eigenvalue weighted by atomic mass is 16.5. The molecule has 132 valence electrons. The Balaban J connectivity index is 1.56. The van der Waals surface area contributed by atoms with Crippen LogP contribution in [0.3, 0.4) is 0 Å². The molecule has 0 spiro atoms. The third kappa shape index (κ3) is 3.85. The van der Waals surface area contributed by atoms with Crippen molar-refractivity contribution in [1.82, 2.24) is 10.1 Å². The van der Waals surface area contributed by atoms with E-state index >= 15 is 0 Å². The van der Waals surface area contributed by atoms with E-state index in [1.165, 1.54) is 6.08 Å². The number of anilines is 1. The maximum Gasteiger partial charge on any atom is 0.260 e. The normalized spacial score (nSPS) is 11.0. The highest BCUT2D eigenvalue weighted by molar-refractivity contribution is 6.03. The number of furan rings is 1. The van der Waals surface area contributed by atoms with Gasteiger partial charge in [-0.25, -0.2) is 0 Å². The van der Waals surface area contributed by atoms with Gasteiger partial charge < -0.3 is 14.3 Å². The summed E-state index contributed by atoms with van der Waals surface area (Å²) < 4.78 is 10.6. The van der Waals surface area contributed by atoms with E-state index in [4.69, 9.17) is 8.94 Å². The maximum atomic E-state index is 12.2. The Morgan fingerprint density at radius 2 is 1.78 bits per heavy atom. The van der Waals surface area contributed by atoms with Crippen molar-refractivity contribution < 1.29 is 13.7 Å². The number of rotatable bonds is 5. The summed E-state index contributed by atoms with van der Waals surface area (Å²) in [5, 5.41) is 6.85. The average molecular weight is 357 g/mol. The number of carbonyl (C=O) groups is 1. The molecular weight excluding hydrogens is 342 g/mol. The van der Waals surface area contributed by atoms with Gasteiger partial charge in [0.1, 0.15) is 5.76 Å². The lowest BCUT2D eigenvalue weighted by Crippen LogP contribution is -2.08.